The lowest BCUT2D eigenvalue weighted by atomic mass is 10.1. The van der Waals surface area contributed by atoms with E-state index in [1.54, 1.807) is 18.2 Å². The summed E-state index contributed by atoms with van der Waals surface area (Å²) in [5.74, 6) is -1.08. The van der Waals surface area contributed by atoms with Crippen LogP contribution in [0.15, 0.2) is 42.5 Å². The zero-order chi connectivity index (χ0) is 20.4. The molecule has 8 heteroatoms. The summed E-state index contributed by atoms with van der Waals surface area (Å²) in [6, 6.07) is 10.2. The first kappa shape index (κ1) is 19.1. The van der Waals surface area contributed by atoms with E-state index in [-0.39, 0.29) is 23.3 Å². The zero-order valence-corrected chi connectivity index (χ0v) is 15.5. The Labute approximate surface area is 161 Å². The third-order valence-electron chi connectivity index (χ3n) is 4.20. The van der Waals surface area contributed by atoms with Gasteiger partial charge in [-0.3, -0.25) is 19.3 Å². The van der Waals surface area contributed by atoms with Crippen molar-refractivity contribution in [2.75, 3.05) is 17.2 Å². The number of urea groups is 1. The molecule has 1 heterocycles. The topological polar surface area (TPSA) is 122 Å². The third-order valence-corrected chi connectivity index (χ3v) is 4.20. The van der Waals surface area contributed by atoms with Gasteiger partial charge in [-0.15, -0.1) is 0 Å². The quantitative estimate of drug-likeness (QED) is 0.690. The molecule has 4 N–H and O–H groups in total. The van der Waals surface area contributed by atoms with Crippen molar-refractivity contribution >= 4 is 35.1 Å². The molecule has 0 saturated carbocycles. The predicted molar refractivity (Wildman–Crippen MR) is 104 cm³/mol. The summed E-state index contributed by atoms with van der Waals surface area (Å²) in [6.07, 6.45) is 0. The summed E-state index contributed by atoms with van der Waals surface area (Å²) in [7, 11) is 0. The second kappa shape index (κ2) is 7.51. The van der Waals surface area contributed by atoms with Gasteiger partial charge in [0.2, 0.25) is 5.91 Å². The van der Waals surface area contributed by atoms with E-state index in [1.165, 1.54) is 29.2 Å². The highest BCUT2D eigenvalue weighted by Gasteiger charge is 2.35. The normalized spacial score (nSPS) is 12.9. The van der Waals surface area contributed by atoms with Gasteiger partial charge in [0.15, 0.2) is 0 Å². The van der Waals surface area contributed by atoms with Crippen molar-refractivity contribution in [3.63, 3.8) is 0 Å². The van der Waals surface area contributed by atoms with Gasteiger partial charge in [-0.1, -0.05) is 13.8 Å². The summed E-state index contributed by atoms with van der Waals surface area (Å²) >= 11 is 0. The molecule has 2 aromatic carbocycles. The molecule has 8 nitrogen and oxygen atoms in total. The van der Waals surface area contributed by atoms with E-state index in [9.17, 15) is 19.2 Å². The van der Waals surface area contributed by atoms with Crippen LogP contribution in [0.25, 0.3) is 0 Å². The van der Waals surface area contributed by atoms with Crippen molar-refractivity contribution in [2.24, 2.45) is 11.7 Å². The molecule has 0 fully saturated rings. The number of hydrogen-bond donors (Lipinski definition) is 3. The Bertz CT molecular complexity index is 967. The van der Waals surface area contributed by atoms with Gasteiger partial charge < -0.3 is 16.4 Å². The molecule has 0 aliphatic carbocycles. The second-order valence-corrected chi connectivity index (χ2v) is 6.90. The van der Waals surface area contributed by atoms with Gasteiger partial charge >= 0.3 is 6.03 Å². The number of benzene rings is 2. The molecule has 2 aromatic rings. The number of carbonyl (C=O) groups excluding carboxylic acids is 4. The monoisotopic (exact) mass is 380 g/mol. The molecule has 144 valence electrons. The molecule has 28 heavy (non-hydrogen) atoms. The average Bonchev–Trinajstić information content (AvgIpc) is 2.86. The second-order valence-electron chi connectivity index (χ2n) is 6.90. The maximum Gasteiger partial charge on any atom is 0.323 e. The van der Waals surface area contributed by atoms with Crippen LogP contribution in [-0.4, -0.2) is 35.2 Å². The van der Waals surface area contributed by atoms with Crippen LogP contribution in [0.1, 0.15) is 44.9 Å². The van der Waals surface area contributed by atoms with E-state index in [0.29, 0.717) is 29.0 Å². The first-order valence-electron chi connectivity index (χ1n) is 8.74. The van der Waals surface area contributed by atoms with Gasteiger partial charge in [0.05, 0.1) is 11.1 Å². The van der Waals surface area contributed by atoms with Crippen molar-refractivity contribution in [3.8, 4) is 0 Å². The Balaban J connectivity index is 1.70. The Hall–Kier alpha value is -3.68. The van der Waals surface area contributed by atoms with Gasteiger partial charge in [-0.05, 0) is 48.4 Å². The fourth-order valence-corrected chi connectivity index (χ4v) is 2.91. The Morgan fingerprint density at radius 3 is 2.11 bits per heavy atom. The van der Waals surface area contributed by atoms with Gasteiger partial charge in [0.1, 0.15) is 0 Å². The standard InChI is InChI=1S/C20H20N4O4/c1-11(2)10-24-18(26)15-8-7-14(9-16(15)19(24)27)23-20(28)22-13-5-3-12(4-6-13)17(21)25/h3-9,11H,10H2,1-2H3,(H2,21,25)(H2,22,23,28). The van der Waals surface area contributed by atoms with E-state index in [0.717, 1.165) is 0 Å². The first-order chi connectivity index (χ1) is 13.3. The van der Waals surface area contributed by atoms with Gasteiger partial charge in [-0.25, -0.2) is 4.79 Å². The number of primary amides is 1. The Kier molecular flexibility index (Phi) is 5.12. The largest absolute Gasteiger partial charge is 0.366 e. The number of nitrogens with one attached hydrogen (secondary N) is 2. The molecular formula is C20H20N4O4. The van der Waals surface area contributed by atoms with Gasteiger partial charge in [0.25, 0.3) is 11.8 Å². The van der Waals surface area contributed by atoms with Crippen LogP contribution in [0.5, 0.6) is 0 Å². The molecule has 0 radical (unpaired) electrons. The predicted octanol–water partition coefficient (Wildman–Crippen LogP) is 2.68. The van der Waals surface area contributed by atoms with E-state index in [4.69, 9.17) is 5.73 Å². The minimum atomic E-state index is -0.556. The molecule has 0 bridgehead atoms. The number of nitrogens with zero attached hydrogens (tertiary/aromatic N) is 1. The summed E-state index contributed by atoms with van der Waals surface area (Å²) in [5.41, 5.74) is 6.97. The number of nitrogens with two attached hydrogens (primary N) is 1. The van der Waals surface area contributed by atoms with Crippen LogP contribution >= 0.6 is 0 Å². The summed E-state index contributed by atoms with van der Waals surface area (Å²) in [4.78, 5) is 49.3. The maximum atomic E-state index is 12.5. The van der Waals surface area contributed by atoms with E-state index in [2.05, 4.69) is 10.6 Å². The number of hydrogen-bond acceptors (Lipinski definition) is 4. The van der Waals surface area contributed by atoms with Crippen molar-refractivity contribution in [1.29, 1.82) is 0 Å². The minimum Gasteiger partial charge on any atom is -0.366 e. The van der Waals surface area contributed by atoms with Crippen LogP contribution in [0, 0.1) is 5.92 Å². The summed E-state index contributed by atoms with van der Waals surface area (Å²) < 4.78 is 0. The highest BCUT2D eigenvalue weighted by Crippen LogP contribution is 2.26. The van der Waals surface area contributed by atoms with Crippen LogP contribution in [0.2, 0.25) is 0 Å². The third kappa shape index (κ3) is 3.85. The van der Waals surface area contributed by atoms with Crippen molar-refractivity contribution < 1.29 is 19.2 Å². The lowest BCUT2D eigenvalue weighted by Gasteiger charge is -2.15. The zero-order valence-electron chi connectivity index (χ0n) is 15.5. The lowest BCUT2D eigenvalue weighted by Crippen LogP contribution is -2.33. The Morgan fingerprint density at radius 2 is 1.50 bits per heavy atom. The molecule has 0 aromatic heterocycles. The molecule has 0 unspecified atom stereocenters. The van der Waals surface area contributed by atoms with Crippen molar-refractivity contribution in [1.82, 2.24) is 4.90 Å². The molecule has 1 aliphatic heterocycles. The van der Waals surface area contributed by atoms with Crippen LogP contribution in [0.4, 0.5) is 16.2 Å². The number of imide groups is 1. The number of rotatable bonds is 5. The van der Waals surface area contributed by atoms with E-state index in [1.807, 2.05) is 13.8 Å². The highest BCUT2D eigenvalue weighted by atomic mass is 16.2. The average molecular weight is 380 g/mol. The van der Waals surface area contributed by atoms with E-state index < -0.39 is 11.9 Å². The minimum absolute atomic E-state index is 0.159. The first-order valence-corrected chi connectivity index (χ1v) is 8.74. The Morgan fingerprint density at radius 1 is 0.929 bits per heavy atom. The van der Waals surface area contributed by atoms with Gasteiger partial charge in [-0.2, -0.15) is 0 Å². The van der Waals surface area contributed by atoms with Crippen LogP contribution in [-0.2, 0) is 0 Å². The van der Waals surface area contributed by atoms with Gasteiger partial charge in [0, 0.05) is 23.5 Å². The molecule has 0 atom stereocenters. The van der Waals surface area contributed by atoms with E-state index >= 15 is 0 Å². The molecule has 3 rings (SSSR count). The number of amides is 5. The van der Waals surface area contributed by atoms with Crippen LogP contribution in [0.3, 0.4) is 0 Å². The maximum absolute atomic E-state index is 12.5. The molecule has 0 saturated heterocycles. The number of anilines is 2. The highest BCUT2D eigenvalue weighted by molar-refractivity contribution is 6.22. The van der Waals surface area contributed by atoms with Crippen LogP contribution < -0.4 is 16.4 Å². The fourth-order valence-electron chi connectivity index (χ4n) is 2.91. The summed E-state index contributed by atoms with van der Waals surface area (Å²) in [6.45, 7) is 4.20. The molecule has 0 spiro atoms. The molecular weight excluding hydrogens is 360 g/mol. The molecule has 1 aliphatic rings. The molecule has 5 amide bonds. The summed E-state index contributed by atoms with van der Waals surface area (Å²) in [5, 5.41) is 5.24. The van der Waals surface area contributed by atoms with Crippen molar-refractivity contribution in [2.45, 2.75) is 13.8 Å². The fraction of sp³-hybridized carbons (Fsp3) is 0.200. The number of carbonyl (C=O) groups is 4. The smallest absolute Gasteiger partial charge is 0.323 e. The van der Waals surface area contributed by atoms with Crippen molar-refractivity contribution in [3.05, 3.63) is 59.2 Å². The lowest BCUT2D eigenvalue weighted by molar-refractivity contribution is 0.0636. The number of fused-ring (bicyclic) bond motifs is 1. The SMILES string of the molecule is CC(C)CN1C(=O)c2ccc(NC(=O)Nc3ccc(C(N)=O)cc3)cc2C1=O.